The predicted octanol–water partition coefficient (Wildman–Crippen LogP) is -0.770. The van der Waals surface area contributed by atoms with E-state index in [0.717, 1.165) is 5.56 Å². The molecule has 8 nitrogen and oxygen atoms in total. The van der Waals surface area contributed by atoms with Crippen molar-refractivity contribution in [1.29, 1.82) is 0 Å². The quantitative estimate of drug-likeness (QED) is 0.382. The maximum Gasteiger partial charge on any atom is 0.317 e. The van der Waals surface area contributed by atoms with Crippen molar-refractivity contribution in [2.24, 2.45) is 5.84 Å². The second-order valence-electron chi connectivity index (χ2n) is 4.97. The molecule has 1 heterocycles. The van der Waals surface area contributed by atoms with Crippen molar-refractivity contribution in [2.45, 2.75) is 6.54 Å². The topological polar surface area (TPSA) is 122 Å². The summed E-state index contributed by atoms with van der Waals surface area (Å²) in [7, 11) is -3.00. The number of hydrogen-bond acceptors (Lipinski definition) is 5. The fourth-order valence-electron chi connectivity index (χ4n) is 2.06. The number of nitrogens with one attached hydrogen (secondary N) is 2. The molecule has 9 heteroatoms. The third kappa shape index (κ3) is 4.18. The lowest BCUT2D eigenvalue weighted by molar-refractivity contribution is 0.0953. The number of hydrazine groups is 1. The molecule has 1 aliphatic heterocycles. The van der Waals surface area contributed by atoms with Crippen molar-refractivity contribution < 1.29 is 18.0 Å². The average molecular weight is 326 g/mol. The van der Waals surface area contributed by atoms with Gasteiger partial charge in [0.05, 0.1) is 11.5 Å². The first kappa shape index (κ1) is 16.2. The maximum absolute atomic E-state index is 11.9. The van der Waals surface area contributed by atoms with Gasteiger partial charge in [-0.3, -0.25) is 10.2 Å². The third-order valence-electron chi connectivity index (χ3n) is 3.42. The van der Waals surface area contributed by atoms with E-state index in [9.17, 15) is 18.0 Å². The highest BCUT2D eigenvalue weighted by Gasteiger charge is 2.24. The molecule has 1 fully saturated rings. The predicted molar refractivity (Wildman–Crippen MR) is 80.6 cm³/mol. The molecule has 1 aliphatic rings. The molecule has 0 bridgehead atoms. The van der Waals surface area contributed by atoms with Crippen LogP contribution in [0.2, 0.25) is 0 Å². The van der Waals surface area contributed by atoms with Gasteiger partial charge in [-0.05, 0) is 17.7 Å². The Balaban J connectivity index is 1.85. The summed E-state index contributed by atoms with van der Waals surface area (Å²) in [6, 6.07) is 6.35. The Morgan fingerprint density at radius 3 is 2.27 bits per heavy atom. The van der Waals surface area contributed by atoms with Gasteiger partial charge in [0.25, 0.3) is 5.91 Å². The number of nitrogens with zero attached hydrogens (tertiary/aromatic N) is 1. The van der Waals surface area contributed by atoms with Gasteiger partial charge in [-0.2, -0.15) is 0 Å². The molecule has 3 amide bonds. The van der Waals surface area contributed by atoms with Gasteiger partial charge in [0.1, 0.15) is 0 Å². The van der Waals surface area contributed by atoms with Crippen LogP contribution in [-0.4, -0.2) is 49.9 Å². The van der Waals surface area contributed by atoms with Crippen LogP contribution in [0.4, 0.5) is 4.79 Å². The van der Waals surface area contributed by atoms with Crippen LogP contribution in [0.1, 0.15) is 15.9 Å². The highest BCUT2D eigenvalue weighted by molar-refractivity contribution is 7.91. The molecule has 1 saturated heterocycles. The van der Waals surface area contributed by atoms with Crippen molar-refractivity contribution in [1.82, 2.24) is 15.6 Å². The SMILES string of the molecule is NNC(=O)c1ccc(CNC(=O)N2CCS(=O)(=O)CC2)cc1. The van der Waals surface area contributed by atoms with Gasteiger partial charge in [0, 0.05) is 25.2 Å². The van der Waals surface area contributed by atoms with E-state index in [1.807, 2.05) is 5.43 Å². The van der Waals surface area contributed by atoms with E-state index < -0.39 is 9.84 Å². The van der Waals surface area contributed by atoms with Crippen LogP contribution < -0.4 is 16.6 Å². The van der Waals surface area contributed by atoms with Gasteiger partial charge in [0.2, 0.25) is 0 Å². The largest absolute Gasteiger partial charge is 0.334 e. The Bertz CT molecular complexity index is 643. The summed E-state index contributed by atoms with van der Waals surface area (Å²) in [5, 5.41) is 2.73. The Morgan fingerprint density at radius 2 is 1.73 bits per heavy atom. The minimum atomic E-state index is -3.00. The van der Waals surface area contributed by atoms with Gasteiger partial charge < -0.3 is 10.2 Å². The van der Waals surface area contributed by atoms with Crippen LogP contribution in [0.15, 0.2) is 24.3 Å². The number of urea groups is 1. The van der Waals surface area contributed by atoms with Gasteiger partial charge >= 0.3 is 6.03 Å². The average Bonchev–Trinajstić information content (AvgIpc) is 2.52. The van der Waals surface area contributed by atoms with Crippen molar-refractivity contribution in [3.05, 3.63) is 35.4 Å². The van der Waals surface area contributed by atoms with E-state index in [0.29, 0.717) is 12.1 Å². The molecule has 2 rings (SSSR count). The van der Waals surface area contributed by atoms with Crippen molar-refractivity contribution in [3.8, 4) is 0 Å². The van der Waals surface area contributed by atoms with Crippen LogP contribution in [0.5, 0.6) is 0 Å². The van der Waals surface area contributed by atoms with E-state index >= 15 is 0 Å². The number of nitrogen functional groups attached to an aromatic ring is 1. The number of rotatable bonds is 3. The summed E-state index contributed by atoms with van der Waals surface area (Å²) < 4.78 is 22.6. The van der Waals surface area contributed by atoms with E-state index in [1.54, 1.807) is 24.3 Å². The Morgan fingerprint density at radius 1 is 1.14 bits per heavy atom. The summed E-state index contributed by atoms with van der Waals surface area (Å²) in [5.41, 5.74) is 3.29. The summed E-state index contributed by atoms with van der Waals surface area (Å²) >= 11 is 0. The molecule has 0 spiro atoms. The Hall–Kier alpha value is -2.13. The lowest BCUT2D eigenvalue weighted by Gasteiger charge is -2.26. The summed E-state index contributed by atoms with van der Waals surface area (Å²) in [4.78, 5) is 24.7. The molecule has 0 radical (unpaired) electrons. The Labute approximate surface area is 128 Å². The maximum atomic E-state index is 11.9. The molecule has 120 valence electrons. The number of sulfone groups is 1. The third-order valence-corrected chi connectivity index (χ3v) is 5.03. The molecule has 4 N–H and O–H groups in total. The number of carbonyl (C=O) groups is 2. The zero-order valence-electron chi connectivity index (χ0n) is 11.9. The zero-order chi connectivity index (χ0) is 16.2. The molecular formula is C13H18N4O4S. The van der Waals surface area contributed by atoms with Gasteiger partial charge in [-0.15, -0.1) is 0 Å². The molecule has 1 aromatic rings. The van der Waals surface area contributed by atoms with Crippen LogP contribution in [0.25, 0.3) is 0 Å². The first-order valence-electron chi connectivity index (χ1n) is 6.74. The smallest absolute Gasteiger partial charge is 0.317 e. The molecule has 22 heavy (non-hydrogen) atoms. The van der Waals surface area contributed by atoms with Crippen molar-refractivity contribution >= 4 is 21.8 Å². The first-order valence-corrected chi connectivity index (χ1v) is 8.56. The summed E-state index contributed by atoms with van der Waals surface area (Å²) in [6.07, 6.45) is 0. The minimum absolute atomic E-state index is 0.00329. The van der Waals surface area contributed by atoms with Gasteiger partial charge in [-0.25, -0.2) is 19.1 Å². The fraction of sp³-hybridized carbons (Fsp3) is 0.385. The van der Waals surface area contributed by atoms with Crippen molar-refractivity contribution in [3.63, 3.8) is 0 Å². The molecule has 0 unspecified atom stereocenters. The molecule has 0 aromatic heterocycles. The standard InChI is InChI=1S/C13H18N4O4S/c14-16-12(18)11-3-1-10(2-4-11)9-15-13(19)17-5-7-22(20,21)8-6-17/h1-4H,5-9,14H2,(H,15,19)(H,16,18). The number of benzene rings is 1. The molecule has 0 atom stereocenters. The van der Waals surface area contributed by atoms with Crippen LogP contribution in [-0.2, 0) is 16.4 Å². The van der Waals surface area contributed by atoms with Crippen LogP contribution in [0.3, 0.4) is 0 Å². The van der Waals surface area contributed by atoms with Gasteiger partial charge in [0.15, 0.2) is 9.84 Å². The number of nitrogens with two attached hydrogens (primary N) is 1. The number of amides is 3. The fourth-order valence-corrected chi connectivity index (χ4v) is 3.26. The first-order chi connectivity index (χ1) is 10.4. The molecule has 1 aromatic carbocycles. The molecule has 0 aliphatic carbocycles. The lowest BCUT2D eigenvalue weighted by Crippen LogP contribution is -2.47. The number of hydrogen-bond donors (Lipinski definition) is 3. The summed E-state index contributed by atoms with van der Waals surface area (Å²) in [6.45, 7) is 0.722. The van der Waals surface area contributed by atoms with Crippen LogP contribution in [0, 0.1) is 0 Å². The van der Waals surface area contributed by atoms with E-state index in [4.69, 9.17) is 5.84 Å². The Kier molecular flexibility index (Phi) is 4.99. The van der Waals surface area contributed by atoms with Crippen LogP contribution >= 0.6 is 0 Å². The molecular weight excluding hydrogens is 308 g/mol. The molecule has 0 saturated carbocycles. The van der Waals surface area contributed by atoms with E-state index in [-0.39, 0.29) is 36.5 Å². The highest BCUT2D eigenvalue weighted by atomic mass is 32.2. The second kappa shape index (κ2) is 6.75. The zero-order valence-corrected chi connectivity index (χ0v) is 12.7. The highest BCUT2D eigenvalue weighted by Crippen LogP contribution is 2.06. The van der Waals surface area contributed by atoms with E-state index in [1.165, 1.54) is 4.90 Å². The monoisotopic (exact) mass is 326 g/mol. The van der Waals surface area contributed by atoms with Crippen molar-refractivity contribution in [2.75, 3.05) is 24.6 Å². The van der Waals surface area contributed by atoms with E-state index in [2.05, 4.69) is 5.32 Å². The minimum Gasteiger partial charge on any atom is -0.334 e. The second-order valence-corrected chi connectivity index (χ2v) is 7.27. The normalized spacial score (nSPS) is 16.9. The van der Waals surface area contributed by atoms with Gasteiger partial charge in [-0.1, -0.05) is 12.1 Å². The summed E-state index contributed by atoms with van der Waals surface area (Å²) in [5.74, 6) is 4.66. The number of carbonyl (C=O) groups excluding carboxylic acids is 2. The lowest BCUT2D eigenvalue weighted by atomic mass is 10.1.